The molecule has 4 aromatic rings. The summed E-state index contributed by atoms with van der Waals surface area (Å²) in [6.45, 7) is -2.83. The number of fused-ring (bicyclic) bond motifs is 1. The number of carbonyl (C=O) groups is 1. The molecule has 0 saturated carbocycles. The lowest BCUT2D eigenvalue weighted by Gasteiger charge is -2.07. The number of ketones is 1. The molecule has 0 radical (unpaired) electrons. The fraction of sp³-hybridized carbons (Fsp3) is 0.136. The number of carbonyl (C=O) groups excluding carboxylic acids is 1. The van der Waals surface area contributed by atoms with Crippen molar-refractivity contribution in [1.29, 1.82) is 0 Å². The lowest BCUT2D eigenvalue weighted by atomic mass is 10.0. The molecule has 0 N–H and O–H groups in total. The van der Waals surface area contributed by atoms with E-state index in [-0.39, 0.29) is 6.42 Å². The van der Waals surface area contributed by atoms with Crippen molar-refractivity contribution in [3.8, 4) is 11.3 Å². The minimum Gasteiger partial charge on any atom is -0.334 e. The predicted octanol–water partition coefficient (Wildman–Crippen LogP) is 4.37. The van der Waals surface area contributed by atoms with Gasteiger partial charge in [0.1, 0.15) is 0 Å². The summed E-state index contributed by atoms with van der Waals surface area (Å²) >= 11 is 0. The van der Waals surface area contributed by atoms with Crippen LogP contribution in [0.4, 0.5) is 0 Å². The quantitative estimate of drug-likeness (QED) is 0.515. The third-order valence-electron chi connectivity index (χ3n) is 4.14. The van der Waals surface area contributed by atoms with Crippen LogP contribution >= 0.6 is 0 Å². The molecule has 4 heteroatoms. The Morgan fingerprint density at radius 3 is 2.73 bits per heavy atom. The lowest BCUT2D eigenvalue weighted by molar-refractivity contribution is 0.0992. The van der Waals surface area contributed by atoms with Crippen LogP contribution < -0.4 is 0 Å². The zero-order valence-electron chi connectivity index (χ0n) is 21.0. The summed E-state index contributed by atoms with van der Waals surface area (Å²) in [5, 5.41) is 1.70. The standard InChI is InChI=1S/C22H19N3O/c1-15-3-5-16(6-4-15)22(26)11-20-10-19-9-17(7-8-18(19)12-24-20)21-13-23-14-25(21)2/h3-10,12-14H,11H2,1-2H3/i1D3,3D,4D,5D,6D. The highest BCUT2D eigenvalue weighted by Crippen LogP contribution is 2.24. The highest BCUT2D eigenvalue weighted by Gasteiger charge is 2.09. The summed E-state index contributed by atoms with van der Waals surface area (Å²) in [5.41, 5.74) is 1.12. The summed E-state index contributed by atoms with van der Waals surface area (Å²) in [4.78, 5) is 21.4. The van der Waals surface area contributed by atoms with Crippen molar-refractivity contribution in [2.24, 2.45) is 7.05 Å². The molecule has 0 saturated heterocycles. The molecule has 0 unspecified atom stereocenters. The van der Waals surface area contributed by atoms with Gasteiger partial charge in [-0.15, -0.1) is 0 Å². The van der Waals surface area contributed by atoms with Crippen LogP contribution in [0.1, 0.15) is 31.2 Å². The molecular formula is C22H19N3O. The maximum absolute atomic E-state index is 13.0. The van der Waals surface area contributed by atoms with E-state index in [4.69, 9.17) is 9.60 Å². The second kappa shape index (κ2) is 6.56. The van der Waals surface area contributed by atoms with Crippen LogP contribution in [0.15, 0.2) is 67.2 Å². The predicted molar refractivity (Wildman–Crippen MR) is 103 cm³/mol. The van der Waals surface area contributed by atoms with Crippen LogP contribution in [0.3, 0.4) is 0 Å². The molecule has 26 heavy (non-hydrogen) atoms. The first-order valence-corrected chi connectivity index (χ1v) is 7.98. The van der Waals surface area contributed by atoms with Crippen LogP contribution in [0.2, 0.25) is 0 Å². The third kappa shape index (κ3) is 3.14. The molecule has 0 spiro atoms. The van der Waals surface area contributed by atoms with Gasteiger partial charge >= 0.3 is 0 Å². The molecule has 0 bridgehead atoms. The molecule has 0 aliphatic carbocycles. The van der Waals surface area contributed by atoms with Gasteiger partial charge in [0.2, 0.25) is 0 Å². The van der Waals surface area contributed by atoms with Gasteiger partial charge in [-0.05, 0) is 24.4 Å². The smallest absolute Gasteiger partial charge is 0.168 e. The highest BCUT2D eigenvalue weighted by molar-refractivity contribution is 5.98. The number of pyridine rings is 1. The molecular weight excluding hydrogens is 322 g/mol. The average molecular weight is 348 g/mol. The Balaban J connectivity index is 1.72. The number of aryl methyl sites for hydroxylation is 1. The Labute approximate surface area is 162 Å². The summed E-state index contributed by atoms with van der Waals surface area (Å²) in [7, 11) is 1.89. The van der Waals surface area contributed by atoms with Crippen molar-refractivity contribution in [3.63, 3.8) is 0 Å². The zero-order valence-corrected chi connectivity index (χ0v) is 14.0. The first kappa shape index (κ1) is 10.0. The number of hydrogen-bond acceptors (Lipinski definition) is 3. The largest absolute Gasteiger partial charge is 0.334 e. The van der Waals surface area contributed by atoms with Gasteiger partial charge in [-0.25, -0.2) is 4.98 Å². The Bertz CT molecular complexity index is 1380. The molecule has 0 atom stereocenters. The Hall–Kier alpha value is -3.27. The van der Waals surface area contributed by atoms with E-state index in [1.165, 1.54) is 0 Å². The molecule has 128 valence electrons. The van der Waals surface area contributed by atoms with Crippen LogP contribution in [0.5, 0.6) is 0 Å². The second-order valence-corrected chi connectivity index (χ2v) is 5.98. The van der Waals surface area contributed by atoms with Gasteiger partial charge < -0.3 is 4.57 Å². The van der Waals surface area contributed by atoms with Crippen LogP contribution in [0, 0.1) is 6.85 Å². The lowest BCUT2D eigenvalue weighted by Crippen LogP contribution is -2.05. The van der Waals surface area contributed by atoms with Crippen LogP contribution in [0.25, 0.3) is 22.0 Å². The van der Waals surface area contributed by atoms with Crippen molar-refractivity contribution < 1.29 is 14.4 Å². The molecule has 0 aliphatic rings. The highest BCUT2D eigenvalue weighted by atomic mass is 16.1. The first-order valence-electron chi connectivity index (χ1n) is 11.5. The van der Waals surface area contributed by atoms with E-state index < -0.39 is 47.9 Å². The van der Waals surface area contributed by atoms with Crippen molar-refractivity contribution in [3.05, 3.63) is 84.0 Å². The Kier molecular flexibility index (Phi) is 2.53. The van der Waals surface area contributed by atoms with Crippen molar-refractivity contribution in [1.82, 2.24) is 14.5 Å². The van der Waals surface area contributed by atoms with Gasteiger partial charge in [-0.2, -0.15) is 0 Å². The Morgan fingerprint density at radius 1 is 1.15 bits per heavy atom. The van der Waals surface area contributed by atoms with Crippen molar-refractivity contribution in [2.75, 3.05) is 0 Å². The molecule has 2 aromatic heterocycles. The summed E-state index contributed by atoms with van der Waals surface area (Å²) in [6, 6.07) is 4.76. The van der Waals surface area contributed by atoms with Gasteiger partial charge in [0.15, 0.2) is 5.78 Å². The normalized spacial score (nSPS) is 15.3. The monoisotopic (exact) mass is 348 g/mol. The van der Waals surface area contributed by atoms with E-state index in [2.05, 4.69) is 9.97 Å². The van der Waals surface area contributed by atoms with E-state index in [0.717, 1.165) is 22.0 Å². The molecule has 4 nitrogen and oxygen atoms in total. The van der Waals surface area contributed by atoms with Crippen LogP contribution in [-0.2, 0) is 13.5 Å². The van der Waals surface area contributed by atoms with Gasteiger partial charge in [-0.3, -0.25) is 9.78 Å². The summed E-state index contributed by atoms with van der Waals surface area (Å²) in [5.74, 6) is -0.668. The minimum absolute atomic E-state index is 0.254. The minimum atomic E-state index is -2.83. The van der Waals surface area contributed by atoms with E-state index in [0.29, 0.717) is 5.69 Å². The number of aromatic nitrogens is 3. The SMILES string of the molecule is [2H]c1c([2H])c(C([2H])([2H])[2H])c([2H])c([2H])c1C(=O)Cc1cc2cc(-c3cncn3C)ccc2cn1. The number of imidazole rings is 1. The third-order valence-corrected chi connectivity index (χ3v) is 4.14. The molecule has 0 fully saturated rings. The van der Waals surface area contributed by atoms with Gasteiger partial charge in [0.05, 0.1) is 30.1 Å². The molecule has 0 aliphatic heterocycles. The van der Waals surface area contributed by atoms with E-state index >= 15 is 0 Å². The second-order valence-electron chi connectivity index (χ2n) is 5.98. The van der Waals surface area contributed by atoms with Gasteiger partial charge in [-0.1, -0.05) is 41.9 Å². The first-order chi connectivity index (χ1) is 15.5. The topological polar surface area (TPSA) is 47.8 Å². The number of hydrogen-bond donors (Lipinski definition) is 0. The molecule has 2 aromatic carbocycles. The maximum atomic E-state index is 13.0. The summed E-state index contributed by atoms with van der Waals surface area (Å²) in [6.07, 6.45) is 4.82. The number of nitrogens with zero attached hydrogens (tertiary/aromatic N) is 3. The Morgan fingerprint density at radius 2 is 2.00 bits per heavy atom. The zero-order chi connectivity index (χ0) is 24.1. The molecule has 2 heterocycles. The fourth-order valence-electron chi connectivity index (χ4n) is 2.78. The fourth-order valence-corrected chi connectivity index (χ4v) is 2.78. The summed E-state index contributed by atoms with van der Waals surface area (Å²) < 4.78 is 56.6. The van der Waals surface area contributed by atoms with Gasteiger partial charge in [0.25, 0.3) is 0 Å². The number of Topliss-reactive ketones (excluding diaryl/α,β-unsaturated/α-hetero) is 1. The van der Waals surface area contributed by atoms with E-state index in [1.54, 1.807) is 24.8 Å². The maximum Gasteiger partial charge on any atom is 0.168 e. The van der Waals surface area contributed by atoms with Crippen molar-refractivity contribution in [2.45, 2.75) is 13.3 Å². The molecule has 4 rings (SSSR count). The average Bonchev–Trinajstić information content (AvgIpc) is 3.17. The van der Waals surface area contributed by atoms with Gasteiger partial charge in [0, 0.05) is 39.6 Å². The molecule has 0 amide bonds. The number of benzene rings is 2. The van der Waals surface area contributed by atoms with E-state index in [1.807, 2.05) is 29.8 Å². The van der Waals surface area contributed by atoms with E-state index in [9.17, 15) is 4.79 Å². The number of rotatable bonds is 4. The van der Waals surface area contributed by atoms with Crippen LogP contribution in [-0.4, -0.2) is 20.3 Å². The van der Waals surface area contributed by atoms with Crippen molar-refractivity contribution >= 4 is 16.6 Å².